The molecule has 1 heterocycles. The maximum atomic E-state index is 11.8. The highest BCUT2D eigenvalue weighted by Crippen LogP contribution is 2.11. The first-order valence-electron chi connectivity index (χ1n) is 6.18. The highest BCUT2D eigenvalue weighted by atomic mass is 35.5. The van der Waals surface area contributed by atoms with E-state index in [1.54, 1.807) is 6.07 Å². The van der Waals surface area contributed by atoms with Gasteiger partial charge in [0.25, 0.3) is 5.91 Å². The van der Waals surface area contributed by atoms with Crippen molar-refractivity contribution in [3.8, 4) is 0 Å². The summed E-state index contributed by atoms with van der Waals surface area (Å²) in [6.45, 7) is 2.79. The van der Waals surface area contributed by atoms with E-state index in [-0.39, 0.29) is 12.5 Å². The van der Waals surface area contributed by atoms with Crippen molar-refractivity contribution in [2.75, 3.05) is 13.2 Å². The second-order valence-corrected chi connectivity index (χ2v) is 4.67. The lowest BCUT2D eigenvalue weighted by Gasteiger charge is -2.15. The number of carbonyl (C=O) groups excluding carboxylic acids is 1. The van der Waals surface area contributed by atoms with E-state index in [0.717, 1.165) is 12.8 Å². The number of aliphatic hydroxyl groups excluding tert-OH is 1. The van der Waals surface area contributed by atoms with Crippen LogP contribution in [0.25, 0.3) is 0 Å². The number of halogens is 1. The van der Waals surface area contributed by atoms with Crippen LogP contribution in [0.4, 0.5) is 0 Å². The van der Waals surface area contributed by atoms with Crippen molar-refractivity contribution in [2.45, 2.75) is 26.2 Å². The van der Waals surface area contributed by atoms with E-state index in [0.29, 0.717) is 29.6 Å². The molecular formula is C13H19ClN2O2. The smallest absolute Gasteiger partial charge is 0.269 e. The number of carbonyl (C=O) groups is 1. The normalized spacial score (nSPS) is 12.2. The predicted molar refractivity (Wildman–Crippen MR) is 71.7 cm³/mol. The number of nitrogens with zero attached hydrogens (tertiary/aromatic N) is 1. The monoisotopic (exact) mass is 270 g/mol. The maximum absolute atomic E-state index is 11.8. The lowest BCUT2D eigenvalue weighted by atomic mass is 10.0. The minimum Gasteiger partial charge on any atom is -0.396 e. The molecule has 100 valence electrons. The molecule has 0 bridgehead atoms. The van der Waals surface area contributed by atoms with Crippen LogP contribution in [0.2, 0.25) is 5.02 Å². The molecule has 0 aliphatic carbocycles. The minimum atomic E-state index is -0.225. The average molecular weight is 271 g/mol. The fourth-order valence-electron chi connectivity index (χ4n) is 1.80. The molecule has 0 aliphatic heterocycles. The third kappa shape index (κ3) is 5.02. The molecule has 0 fully saturated rings. The van der Waals surface area contributed by atoms with E-state index < -0.39 is 0 Å². The van der Waals surface area contributed by atoms with E-state index >= 15 is 0 Å². The summed E-state index contributed by atoms with van der Waals surface area (Å²) in [5.41, 5.74) is 0.321. The molecule has 0 radical (unpaired) electrons. The maximum Gasteiger partial charge on any atom is 0.269 e. The Labute approximate surface area is 112 Å². The lowest BCUT2D eigenvalue weighted by Crippen LogP contribution is -2.30. The number of aromatic nitrogens is 1. The highest BCUT2D eigenvalue weighted by molar-refractivity contribution is 6.30. The van der Waals surface area contributed by atoms with E-state index in [4.69, 9.17) is 16.7 Å². The first-order valence-corrected chi connectivity index (χ1v) is 6.55. The van der Waals surface area contributed by atoms with Crippen molar-refractivity contribution < 1.29 is 9.90 Å². The summed E-state index contributed by atoms with van der Waals surface area (Å²) in [5, 5.41) is 12.3. The number of aliphatic hydroxyl groups is 1. The molecule has 0 saturated heterocycles. The van der Waals surface area contributed by atoms with Crippen LogP contribution in [0.3, 0.4) is 0 Å². The van der Waals surface area contributed by atoms with Crippen molar-refractivity contribution in [3.05, 3.63) is 29.0 Å². The summed E-state index contributed by atoms with van der Waals surface area (Å²) in [7, 11) is 0. The van der Waals surface area contributed by atoms with Gasteiger partial charge < -0.3 is 10.4 Å². The van der Waals surface area contributed by atoms with Crippen LogP contribution < -0.4 is 5.32 Å². The third-order valence-electron chi connectivity index (χ3n) is 2.74. The summed E-state index contributed by atoms with van der Waals surface area (Å²) in [6.07, 6.45) is 4.24. The van der Waals surface area contributed by atoms with Gasteiger partial charge in [0, 0.05) is 24.4 Å². The van der Waals surface area contributed by atoms with Crippen molar-refractivity contribution >= 4 is 17.5 Å². The zero-order valence-corrected chi connectivity index (χ0v) is 11.3. The summed E-state index contributed by atoms with van der Waals surface area (Å²) in [5.74, 6) is 0.0830. The molecule has 2 N–H and O–H groups in total. The zero-order valence-electron chi connectivity index (χ0n) is 10.5. The van der Waals surface area contributed by atoms with Gasteiger partial charge in [-0.25, -0.2) is 0 Å². The molecular weight excluding hydrogens is 252 g/mol. The van der Waals surface area contributed by atoms with Crippen molar-refractivity contribution in [3.63, 3.8) is 0 Å². The van der Waals surface area contributed by atoms with E-state index in [9.17, 15) is 4.79 Å². The fraction of sp³-hybridized carbons (Fsp3) is 0.538. The standard InChI is InChI=1S/C13H19ClN2O2/c1-2-3-10(5-7-17)9-16-13(18)12-8-11(14)4-6-15-12/h4,6,8,10,17H,2-3,5,7,9H2,1H3,(H,16,18). The zero-order chi connectivity index (χ0) is 13.4. The van der Waals surface area contributed by atoms with Gasteiger partial charge in [0.1, 0.15) is 5.69 Å². The predicted octanol–water partition coefficient (Wildman–Crippen LogP) is 2.26. The molecule has 0 aliphatic rings. The second kappa shape index (κ2) is 8.06. The summed E-state index contributed by atoms with van der Waals surface area (Å²) < 4.78 is 0. The largest absolute Gasteiger partial charge is 0.396 e. The Morgan fingerprint density at radius 3 is 2.94 bits per heavy atom. The van der Waals surface area contributed by atoms with E-state index in [1.165, 1.54) is 12.3 Å². The van der Waals surface area contributed by atoms with E-state index in [2.05, 4.69) is 17.2 Å². The third-order valence-corrected chi connectivity index (χ3v) is 2.98. The molecule has 5 heteroatoms. The number of rotatable bonds is 7. The highest BCUT2D eigenvalue weighted by Gasteiger charge is 2.11. The molecule has 1 unspecified atom stereocenters. The Morgan fingerprint density at radius 2 is 2.33 bits per heavy atom. The van der Waals surface area contributed by atoms with Gasteiger partial charge in [0.05, 0.1) is 0 Å². The Morgan fingerprint density at radius 1 is 1.56 bits per heavy atom. The van der Waals surface area contributed by atoms with E-state index in [1.807, 2.05) is 0 Å². The summed E-state index contributed by atoms with van der Waals surface area (Å²) >= 11 is 5.80. The number of pyridine rings is 1. The molecule has 1 rings (SSSR count). The quantitative estimate of drug-likeness (QED) is 0.799. The van der Waals surface area contributed by atoms with Crippen LogP contribution in [-0.2, 0) is 0 Å². The van der Waals surface area contributed by atoms with Crippen LogP contribution in [0.15, 0.2) is 18.3 Å². The Hall–Kier alpha value is -1.13. The molecule has 4 nitrogen and oxygen atoms in total. The molecule has 1 aromatic heterocycles. The topological polar surface area (TPSA) is 62.2 Å². The lowest BCUT2D eigenvalue weighted by molar-refractivity contribution is 0.0938. The van der Waals surface area contributed by atoms with Crippen LogP contribution >= 0.6 is 11.6 Å². The van der Waals surface area contributed by atoms with Crippen LogP contribution in [-0.4, -0.2) is 29.1 Å². The number of nitrogens with one attached hydrogen (secondary N) is 1. The molecule has 0 saturated carbocycles. The molecule has 0 aromatic carbocycles. The van der Waals surface area contributed by atoms with Crippen LogP contribution in [0.1, 0.15) is 36.7 Å². The van der Waals surface area contributed by atoms with Crippen molar-refractivity contribution in [2.24, 2.45) is 5.92 Å². The Kier molecular flexibility index (Phi) is 6.68. The molecule has 1 aromatic rings. The Balaban J connectivity index is 2.49. The van der Waals surface area contributed by atoms with Crippen molar-refractivity contribution in [1.82, 2.24) is 10.3 Å². The molecule has 1 atom stereocenters. The van der Waals surface area contributed by atoms with Gasteiger partial charge in [0.15, 0.2) is 0 Å². The Bertz CT molecular complexity index is 379. The van der Waals surface area contributed by atoms with Gasteiger partial charge in [-0.2, -0.15) is 0 Å². The average Bonchev–Trinajstić information content (AvgIpc) is 2.36. The SMILES string of the molecule is CCCC(CCO)CNC(=O)c1cc(Cl)ccn1. The summed E-state index contributed by atoms with van der Waals surface area (Å²) in [4.78, 5) is 15.8. The van der Waals surface area contributed by atoms with Crippen LogP contribution in [0.5, 0.6) is 0 Å². The number of amides is 1. The van der Waals surface area contributed by atoms with Crippen molar-refractivity contribution in [1.29, 1.82) is 0 Å². The second-order valence-electron chi connectivity index (χ2n) is 4.24. The van der Waals surface area contributed by atoms with Gasteiger partial charge in [-0.3, -0.25) is 9.78 Å². The molecule has 1 amide bonds. The number of hydrogen-bond donors (Lipinski definition) is 2. The first-order chi connectivity index (χ1) is 8.67. The summed E-state index contributed by atoms with van der Waals surface area (Å²) in [6, 6.07) is 3.17. The molecule has 18 heavy (non-hydrogen) atoms. The molecule has 0 spiro atoms. The van der Waals surface area contributed by atoms with Gasteiger partial charge >= 0.3 is 0 Å². The van der Waals surface area contributed by atoms with Crippen LogP contribution in [0, 0.1) is 5.92 Å². The van der Waals surface area contributed by atoms with Gasteiger partial charge in [-0.15, -0.1) is 0 Å². The van der Waals surface area contributed by atoms with Gasteiger partial charge in [0.2, 0.25) is 0 Å². The number of hydrogen-bond acceptors (Lipinski definition) is 3. The first kappa shape index (κ1) is 14.9. The fourth-order valence-corrected chi connectivity index (χ4v) is 1.96. The van der Waals surface area contributed by atoms with Gasteiger partial charge in [-0.05, 0) is 30.9 Å². The van der Waals surface area contributed by atoms with Gasteiger partial charge in [-0.1, -0.05) is 24.9 Å². The minimum absolute atomic E-state index is 0.149.